The topological polar surface area (TPSA) is 66.2 Å². The quantitative estimate of drug-likeness (QED) is 0.216. The molecule has 0 radical (unpaired) electrons. The van der Waals surface area contributed by atoms with Gasteiger partial charge >= 0.3 is 0 Å². The fourth-order valence-electron chi connectivity index (χ4n) is 4.73. The van der Waals surface area contributed by atoms with Gasteiger partial charge in [0.2, 0.25) is 0 Å². The van der Waals surface area contributed by atoms with Crippen LogP contribution in [-0.4, -0.2) is 21.6 Å². The fraction of sp³-hybridized carbons (Fsp3) is 0.194. The third-order valence-corrected chi connectivity index (χ3v) is 7.05. The molecule has 0 fully saturated rings. The molecule has 5 rings (SSSR count). The minimum Gasteiger partial charge on any atom is -0.497 e. The highest BCUT2D eigenvalue weighted by Crippen LogP contribution is 2.37. The van der Waals surface area contributed by atoms with Gasteiger partial charge in [-0.25, -0.2) is 9.97 Å². The minimum absolute atomic E-state index is 0.227. The van der Waals surface area contributed by atoms with Crippen LogP contribution < -0.4 is 15.0 Å². The Hall–Kier alpha value is -4.16. The van der Waals surface area contributed by atoms with Gasteiger partial charge in [0.25, 0.3) is 5.56 Å². The summed E-state index contributed by atoms with van der Waals surface area (Å²) < 4.78 is 13.0. The van der Waals surface area contributed by atoms with Crippen molar-refractivity contribution in [2.24, 2.45) is 0 Å². The zero-order chi connectivity index (χ0) is 26.8. The van der Waals surface area contributed by atoms with E-state index in [1.54, 1.807) is 24.1 Å². The first-order valence-corrected chi connectivity index (χ1v) is 12.7. The molecule has 2 heterocycles. The monoisotopic (exact) mass is 525 g/mol. The van der Waals surface area contributed by atoms with E-state index in [1.165, 1.54) is 0 Å². The highest BCUT2D eigenvalue weighted by atomic mass is 35.5. The van der Waals surface area contributed by atoms with Crippen LogP contribution in [0.15, 0.2) is 83.9 Å². The van der Waals surface area contributed by atoms with Crippen LogP contribution in [0.1, 0.15) is 35.2 Å². The zero-order valence-electron chi connectivity index (χ0n) is 21.7. The lowest BCUT2D eigenvalue weighted by molar-refractivity contribution is 0.304. The third kappa shape index (κ3) is 4.87. The maximum atomic E-state index is 13.7. The van der Waals surface area contributed by atoms with E-state index in [-0.39, 0.29) is 22.3 Å². The predicted molar refractivity (Wildman–Crippen MR) is 151 cm³/mol. The third-order valence-electron chi connectivity index (χ3n) is 6.86. The molecule has 0 aliphatic carbocycles. The SMILES string of the molecule is COc1ccc(C(C)n2cnc3c(-c4c(C)ccc(OCc5ccccc5)c4C)cc(Cl)nc3c2=O)cc1. The summed E-state index contributed by atoms with van der Waals surface area (Å²) in [5, 5.41) is 0.232. The second-order valence-corrected chi connectivity index (χ2v) is 9.64. The summed E-state index contributed by atoms with van der Waals surface area (Å²) in [6.45, 7) is 6.44. The summed E-state index contributed by atoms with van der Waals surface area (Å²) in [7, 11) is 1.62. The summed E-state index contributed by atoms with van der Waals surface area (Å²) in [6.07, 6.45) is 1.58. The number of ether oxygens (including phenoxy) is 2. The van der Waals surface area contributed by atoms with E-state index in [9.17, 15) is 4.79 Å². The highest BCUT2D eigenvalue weighted by Gasteiger charge is 2.20. The van der Waals surface area contributed by atoms with Gasteiger partial charge < -0.3 is 9.47 Å². The molecule has 0 spiro atoms. The van der Waals surface area contributed by atoms with Crippen molar-refractivity contribution in [1.82, 2.24) is 14.5 Å². The molecule has 0 N–H and O–H groups in total. The number of aromatic nitrogens is 3. The molecule has 192 valence electrons. The Balaban J connectivity index is 1.58. The second kappa shape index (κ2) is 10.7. The number of fused-ring (bicyclic) bond motifs is 1. The molecular weight excluding hydrogens is 498 g/mol. The largest absolute Gasteiger partial charge is 0.497 e. The van der Waals surface area contributed by atoms with Gasteiger partial charge in [0, 0.05) is 5.56 Å². The summed E-state index contributed by atoms with van der Waals surface area (Å²) in [5.41, 5.74) is 6.16. The van der Waals surface area contributed by atoms with Crippen molar-refractivity contribution in [2.45, 2.75) is 33.4 Å². The number of halogens is 1. The van der Waals surface area contributed by atoms with Crippen molar-refractivity contribution >= 4 is 22.6 Å². The van der Waals surface area contributed by atoms with Crippen molar-refractivity contribution in [2.75, 3.05) is 7.11 Å². The first-order valence-electron chi connectivity index (χ1n) is 12.4. The van der Waals surface area contributed by atoms with Crippen LogP contribution in [-0.2, 0) is 6.61 Å². The molecular formula is C31H28ClN3O3. The average Bonchev–Trinajstić information content (AvgIpc) is 2.93. The van der Waals surface area contributed by atoms with Crippen LogP contribution in [0.4, 0.5) is 0 Å². The molecule has 2 aromatic heterocycles. The molecule has 7 heteroatoms. The molecule has 0 aliphatic rings. The predicted octanol–water partition coefficient (Wildman–Crippen LogP) is 6.93. The Morgan fingerprint density at radius 3 is 2.42 bits per heavy atom. The maximum absolute atomic E-state index is 13.7. The van der Waals surface area contributed by atoms with Crippen molar-refractivity contribution in [3.05, 3.63) is 117 Å². The zero-order valence-corrected chi connectivity index (χ0v) is 22.5. The molecule has 5 aromatic rings. The lowest BCUT2D eigenvalue weighted by Crippen LogP contribution is -2.25. The van der Waals surface area contributed by atoms with Gasteiger partial charge in [-0.1, -0.05) is 60.1 Å². The molecule has 0 saturated carbocycles. The minimum atomic E-state index is -0.257. The maximum Gasteiger partial charge on any atom is 0.280 e. The Labute approximate surface area is 226 Å². The Kier molecular flexibility index (Phi) is 7.16. The van der Waals surface area contributed by atoms with Gasteiger partial charge in [-0.15, -0.1) is 0 Å². The molecule has 1 atom stereocenters. The number of rotatable bonds is 7. The Morgan fingerprint density at radius 2 is 1.71 bits per heavy atom. The van der Waals surface area contributed by atoms with Crippen molar-refractivity contribution < 1.29 is 9.47 Å². The first kappa shape index (κ1) is 25.5. The molecule has 0 saturated heterocycles. The van der Waals surface area contributed by atoms with Crippen molar-refractivity contribution in [3.8, 4) is 22.6 Å². The van der Waals surface area contributed by atoms with E-state index in [4.69, 9.17) is 26.1 Å². The van der Waals surface area contributed by atoms with Crippen molar-refractivity contribution in [1.29, 1.82) is 0 Å². The lowest BCUT2D eigenvalue weighted by Gasteiger charge is -2.19. The van der Waals surface area contributed by atoms with E-state index >= 15 is 0 Å². The van der Waals surface area contributed by atoms with Gasteiger partial charge in [0.1, 0.15) is 28.8 Å². The van der Waals surface area contributed by atoms with Gasteiger partial charge in [0.05, 0.1) is 19.5 Å². The number of aryl methyl sites for hydroxylation is 1. The van der Waals surface area contributed by atoms with Crippen LogP contribution in [0.25, 0.3) is 22.2 Å². The molecule has 38 heavy (non-hydrogen) atoms. The number of hydrogen-bond acceptors (Lipinski definition) is 5. The molecule has 6 nitrogen and oxygen atoms in total. The molecule has 0 bridgehead atoms. The summed E-state index contributed by atoms with van der Waals surface area (Å²) >= 11 is 6.48. The average molecular weight is 526 g/mol. The molecule has 3 aromatic carbocycles. The molecule has 1 unspecified atom stereocenters. The molecule has 0 aliphatic heterocycles. The van der Waals surface area contributed by atoms with E-state index in [0.717, 1.165) is 44.9 Å². The highest BCUT2D eigenvalue weighted by molar-refractivity contribution is 6.30. The van der Waals surface area contributed by atoms with Crippen molar-refractivity contribution in [3.63, 3.8) is 0 Å². The van der Waals surface area contributed by atoms with Gasteiger partial charge in [-0.3, -0.25) is 9.36 Å². The Bertz CT molecular complexity index is 1670. The van der Waals surface area contributed by atoms with E-state index in [1.807, 2.05) is 87.5 Å². The van der Waals surface area contributed by atoms with Crippen LogP contribution in [0, 0.1) is 13.8 Å². The smallest absolute Gasteiger partial charge is 0.280 e. The van der Waals surface area contributed by atoms with Crippen LogP contribution in [0.3, 0.4) is 0 Å². The summed E-state index contributed by atoms with van der Waals surface area (Å²) in [6, 6.07) is 23.1. The van der Waals surface area contributed by atoms with Gasteiger partial charge in [0.15, 0.2) is 5.52 Å². The normalized spacial score (nSPS) is 11.9. The number of methoxy groups -OCH3 is 1. The van der Waals surface area contributed by atoms with Crippen LogP contribution in [0.5, 0.6) is 11.5 Å². The Morgan fingerprint density at radius 1 is 0.974 bits per heavy atom. The number of hydrogen-bond donors (Lipinski definition) is 0. The van der Waals surface area contributed by atoms with E-state index in [0.29, 0.717) is 12.1 Å². The van der Waals surface area contributed by atoms with E-state index in [2.05, 4.69) is 4.98 Å². The number of nitrogens with zero attached hydrogens (tertiary/aromatic N) is 3. The van der Waals surface area contributed by atoms with Crippen LogP contribution in [0.2, 0.25) is 5.15 Å². The van der Waals surface area contributed by atoms with Gasteiger partial charge in [-0.2, -0.15) is 0 Å². The molecule has 0 amide bonds. The number of benzene rings is 3. The van der Waals surface area contributed by atoms with E-state index < -0.39 is 0 Å². The second-order valence-electron chi connectivity index (χ2n) is 9.25. The fourth-order valence-corrected chi connectivity index (χ4v) is 4.92. The summed E-state index contributed by atoms with van der Waals surface area (Å²) in [4.78, 5) is 22.8. The summed E-state index contributed by atoms with van der Waals surface area (Å²) in [5.74, 6) is 1.51. The van der Waals surface area contributed by atoms with Crippen LogP contribution >= 0.6 is 11.6 Å². The standard InChI is InChI=1S/C31H28ClN3O3/c1-19-10-15-26(38-17-22-8-6-5-7-9-22)20(2)28(19)25-16-27(32)34-30-29(25)33-18-35(31(30)36)21(3)23-11-13-24(37-4)14-12-23/h5-16,18,21H,17H2,1-4H3. The number of pyridine rings is 1. The van der Waals surface area contributed by atoms with Gasteiger partial charge in [-0.05, 0) is 72.9 Å². The lowest BCUT2D eigenvalue weighted by atomic mass is 9.94. The first-order chi connectivity index (χ1) is 18.4.